The molecule has 1 atom stereocenters. The first-order valence-electron chi connectivity index (χ1n) is 13.0. The summed E-state index contributed by atoms with van der Waals surface area (Å²) in [6.45, 7) is 6.74. The topological polar surface area (TPSA) is 51.1 Å². The van der Waals surface area contributed by atoms with Crippen molar-refractivity contribution >= 4 is 17.2 Å². The van der Waals surface area contributed by atoms with Gasteiger partial charge >= 0.3 is 0 Å². The molecule has 5 heteroatoms. The summed E-state index contributed by atoms with van der Waals surface area (Å²) >= 11 is 0. The molecule has 5 nitrogen and oxygen atoms in total. The molecule has 3 heterocycles. The van der Waals surface area contributed by atoms with E-state index < -0.39 is 0 Å². The van der Waals surface area contributed by atoms with Crippen molar-refractivity contribution in [1.29, 1.82) is 0 Å². The standard InChI is InChI=1S/C34H26N4O/c1-23-28-19-12-22-38(27-18-11-17-26(30(23)27)34(2)21-10-9-20-29(34)39-28)33-36-31(24-13-5-3-6-14-24)35-32(37-33)25-15-7-4-8-16-25/h3-20,22H,1,21H2,2H3/b22-12-,28-19+. The van der Waals surface area contributed by atoms with Gasteiger partial charge in [-0.15, -0.1) is 0 Å². The summed E-state index contributed by atoms with van der Waals surface area (Å²) in [5.74, 6) is 3.44. The second kappa shape index (κ2) is 9.07. The zero-order valence-electron chi connectivity index (χ0n) is 21.6. The molecule has 188 valence electrons. The molecule has 1 aliphatic carbocycles. The van der Waals surface area contributed by atoms with E-state index in [2.05, 4.69) is 49.9 Å². The molecular formula is C34H26N4O. The Kier molecular flexibility index (Phi) is 5.37. The second-order valence-corrected chi connectivity index (χ2v) is 10.0. The summed E-state index contributed by atoms with van der Waals surface area (Å²) < 4.78 is 6.50. The number of fused-ring (bicyclic) bond motifs is 3. The minimum Gasteiger partial charge on any atom is -0.460 e. The second-order valence-electron chi connectivity index (χ2n) is 10.0. The number of rotatable bonds is 3. The monoisotopic (exact) mass is 506 g/mol. The molecule has 0 N–H and O–H groups in total. The highest BCUT2D eigenvalue weighted by atomic mass is 16.5. The molecule has 0 amide bonds. The molecule has 0 saturated carbocycles. The van der Waals surface area contributed by atoms with E-state index in [1.807, 2.05) is 83.9 Å². The van der Waals surface area contributed by atoms with Gasteiger partial charge in [0.1, 0.15) is 11.5 Å². The van der Waals surface area contributed by atoms with E-state index in [1.165, 1.54) is 5.56 Å². The van der Waals surface area contributed by atoms with Gasteiger partial charge < -0.3 is 4.74 Å². The van der Waals surface area contributed by atoms with Crippen molar-refractivity contribution in [2.24, 2.45) is 0 Å². The highest BCUT2D eigenvalue weighted by Crippen LogP contribution is 2.51. The van der Waals surface area contributed by atoms with Crippen LogP contribution in [0.5, 0.6) is 0 Å². The highest BCUT2D eigenvalue weighted by Gasteiger charge is 2.41. The first-order valence-corrected chi connectivity index (χ1v) is 13.0. The lowest BCUT2D eigenvalue weighted by Gasteiger charge is -2.33. The molecule has 2 bridgehead atoms. The smallest absolute Gasteiger partial charge is 0.238 e. The molecule has 4 aromatic rings. The Balaban J connectivity index is 1.48. The number of aromatic nitrogens is 3. The lowest BCUT2D eigenvalue weighted by atomic mass is 9.73. The van der Waals surface area contributed by atoms with E-state index >= 15 is 0 Å². The number of nitrogens with zero attached hydrogens (tertiary/aromatic N) is 4. The summed E-state index contributed by atoms with van der Waals surface area (Å²) in [6, 6.07) is 26.4. The van der Waals surface area contributed by atoms with E-state index in [0.717, 1.165) is 45.9 Å². The van der Waals surface area contributed by atoms with E-state index in [9.17, 15) is 0 Å². The van der Waals surface area contributed by atoms with Crippen LogP contribution in [-0.2, 0) is 10.2 Å². The Labute approximate surface area is 227 Å². The molecule has 7 rings (SSSR count). The van der Waals surface area contributed by atoms with Gasteiger partial charge in [0.2, 0.25) is 5.95 Å². The van der Waals surface area contributed by atoms with Crippen molar-refractivity contribution in [2.75, 3.05) is 4.90 Å². The Bertz CT molecular complexity index is 1680. The van der Waals surface area contributed by atoms with Crippen LogP contribution in [0.3, 0.4) is 0 Å². The Morgan fingerprint density at radius 2 is 1.49 bits per heavy atom. The fraction of sp³-hybridized carbons (Fsp3) is 0.0882. The Morgan fingerprint density at radius 1 is 0.795 bits per heavy atom. The molecular weight excluding hydrogens is 480 g/mol. The van der Waals surface area contributed by atoms with Crippen molar-refractivity contribution in [2.45, 2.75) is 18.8 Å². The summed E-state index contributed by atoms with van der Waals surface area (Å²) in [6.07, 6.45) is 13.1. The van der Waals surface area contributed by atoms with Crippen LogP contribution >= 0.6 is 0 Å². The number of hydrogen-bond donors (Lipinski definition) is 0. The maximum atomic E-state index is 6.50. The zero-order chi connectivity index (χ0) is 26.4. The SMILES string of the molecule is C=C1/C2=C\C=C/N(c3nc(-c4ccccc4)nc(-c4ccccc4)n3)c3cccc(c31)C1(C)CC=CC=C1O2. The van der Waals surface area contributed by atoms with E-state index in [-0.39, 0.29) is 5.41 Å². The summed E-state index contributed by atoms with van der Waals surface area (Å²) in [4.78, 5) is 16.9. The van der Waals surface area contributed by atoms with Crippen LogP contribution in [0.4, 0.5) is 11.6 Å². The van der Waals surface area contributed by atoms with Gasteiger partial charge in [-0.05, 0) is 43.2 Å². The third kappa shape index (κ3) is 3.82. The molecule has 0 saturated heterocycles. The molecule has 0 spiro atoms. The van der Waals surface area contributed by atoms with E-state index in [0.29, 0.717) is 17.6 Å². The number of anilines is 2. The van der Waals surface area contributed by atoms with Gasteiger partial charge in [0.25, 0.3) is 0 Å². The molecule has 3 aromatic carbocycles. The summed E-state index contributed by atoms with van der Waals surface area (Å²) in [7, 11) is 0. The molecule has 3 aliphatic rings. The van der Waals surface area contributed by atoms with Crippen molar-refractivity contribution in [1.82, 2.24) is 15.0 Å². The summed E-state index contributed by atoms with van der Waals surface area (Å²) in [5.41, 5.74) is 5.53. The Hall–Kier alpha value is -5.03. The molecule has 39 heavy (non-hydrogen) atoms. The minimum atomic E-state index is -0.321. The first kappa shape index (κ1) is 23.1. The largest absolute Gasteiger partial charge is 0.460 e. The van der Waals surface area contributed by atoms with Gasteiger partial charge in [0.05, 0.1) is 11.1 Å². The molecule has 1 unspecified atom stereocenters. The van der Waals surface area contributed by atoms with Gasteiger partial charge in [-0.25, -0.2) is 4.98 Å². The van der Waals surface area contributed by atoms with Crippen molar-refractivity contribution in [3.8, 4) is 22.8 Å². The van der Waals surface area contributed by atoms with Crippen molar-refractivity contribution in [3.05, 3.63) is 145 Å². The van der Waals surface area contributed by atoms with Gasteiger partial charge in [-0.1, -0.05) is 91.5 Å². The highest BCUT2D eigenvalue weighted by molar-refractivity contribution is 5.90. The van der Waals surface area contributed by atoms with Crippen LogP contribution in [0.15, 0.2) is 134 Å². The van der Waals surface area contributed by atoms with Gasteiger partial charge in [-0.3, -0.25) is 4.90 Å². The number of benzene rings is 3. The van der Waals surface area contributed by atoms with E-state index in [1.54, 1.807) is 0 Å². The maximum Gasteiger partial charge on any atom is 0.238 e. The van der Waals surface area contributed by atoms with Crippen LogP contribution in [-0.4, -0.2) is 15.0 Å². The average Bonchev–Trinajstić information content (AvgIpc) is 3.08. The average molecular weight is 507 g/mol. The number of ether oxygens (including phenoxy) is 1. The quantitative estimate of drug-likeness (QED) is 0.283. The van der Waals surface area contributed by atoms with Crippen LogP contribution in [0, 0.1) is 0 Å². The zero-order valence-corrected chi connectivity index (χ0v) is 21.6. The molecule has 0 fully saturated rings. The minimum absolute atomic E-state index is 0.321. The normalized spacial score (nSPS) is 21.4. The van der Waals surface area contributed by atoms with Crippen LogP contribution in [0.1, 0.15) is 24.5 Å². The third-order valence-electron chi connectivity index (χ3n) is 7.55. The number of allylic oxidation sites excluding steroid dienone is 7. The summed E-state index contributed by atoms with van der Waals surface area (Å²) in [5, 5.41) is 0. The first-order chi connectivity index (χ1) is 19.1. The third-order valence-corrected chi connectivity index (χ3v) is 7.55. The predicted octanol–water partition coefficient (Wildman–Crippen LogP) is 7.90. The van der Waals surface area contributed by atoms with Crippen LogP contribution in [0.2, 0.25) is 0 Å². The molecule has 0 radical (unpaired) electrons. The Morgan fingerprint density at radius 3 is 2.18 bits per heavy atom. The fourth-order valence-electron chi connectivity index (χ4n) is 5.47. The van der Waals surface area contributed by atoms with Gasteiger partial charge in [0.15, 0.2) is 11.6 Å². The van der Waals surface area contributed by atoms with Crippen LogP contribution < -0.4 is 4.90 Å². The fourth-order valence-corrected chi connectivity index (χ4v) is 5.47. The van der Waals surface area contributed by atoms with Crippen LogP contribution in [0.25, 0.3) is 28.3 Å². The van der Waals surface area contributed by atoms with Gasteiger partial charge in [0, 0.05) is 28.5 Å². The van der Waals surface area contributed by atoms with E-state index in [4.69, 9.17) is 19.7 Å². The van der Waals surface area contributed by atoms with Crippen molar-refractivity contribution in [3.63, 3.8) is 0 Å². The lowest BCUT2D eigenvalue weighted by molar-refractivity contribution is 0.255. The van der Waals surface area contributed by atoms with Crippen molar-refractivity contribution < 1.29 is 4.74 Å². The maximum absolute atomic E-state index is 6.50. The number of hydrogen-bond acceptors (Lipinski definition) is 5. The molecule has 2 aliphatic heterocycles. The predicted molar refractivity (Wildman–Crippen MR) is 156 cm³/mol. The molecule has 1 aromatic heterocycles. The lowest BCUT2D eigenvalue weighted by Crippen LogP contribution is -2.27. The van der Waals surface area contributed by atoms with Gasteiger partial charge in [-0.2, -0.15) is 9.97 Å².